The van der Waals surface area contributed by atoms with Crippen molar-refractivity contribution < 1.29 is 27.8 Å². The highest BCUT2D eigenvalue weighted by Gasteiger charge is 2.58. The van der Waals surface area contributed by atoms with Crippen LogP contribution in [-0.2, 0) is 10.4 Å². The van der Waals surface area contributed by atoms with Crippen LogP contribution in [0.15, 0.2) is 23.7 Å². The number of nitrogens with one attached hydrogen (secondary N) is 1. The fourth-order valence-electron chi connectivity index (χ4n) is 1.92. The molecule has 24 heavy (non-hydrogen) atoms. The van der Waals surface area contributed by atoms with E-state index in [1.807, 2.05) is 0 Å². The number of aryl methyl sites for hydroxylation is 1. The molecule has 2 N–H and O–H groups in total. The minimum Gasteiger partial charge on any atom is -0.480 e. The zero-order valence-electron chi connectivity index (χ0n) is 12.7. The average molecular weight is 361 g/mol. The first kappa shape index (κ1) is 18.1. The molecule has 10 heteroatoms. The first-order valence-electron chi connectivity index (χ1n) is 6.68. The Hall–Kier alpha value is -2.20. The third kappa shape index (κ3) is 3.65. The number of methoxy groups -OCH3 is 1. The van der Waals surface area contributed by atoms with Gasteiger partial charge >= 0.3 is 6.18 Å². The van der Waals surface area contributed by atoms with Gasteiger partial charge in [-0.05, 0) is 19.1 Å². The summed E-state index contributed by atoms with van der Waals surface area (Å²) >= 11 is 0.641. The number of ether oxygens (including phenoxy) is 1. The van der Waals surface area contributed by atoms with E-state index in [9.17, 15) is 23.1 Å². The SMILES string of the molecule is COc1ncccc1NC(=O)C[C@@](O)(c1nc(C)cs1)C(F)(F)F. The molecule has 0 aliphatic carbocycles. The molecule has 0 unspecified atom stereocenters. The van der Waals surface area contributed by atoms with Gasteiger partial charge in [0.05, 0.1) is 13.5 Å². The summed E-state index contributed by atoms with van der Waals surface area (Å²) in [5, 5.41) is 13.2. The standard InChI is InChI=1S/C14H14F3N3O3S/c1-8-7-24-12(19-8)13(22,14(15,16)17)6-10(21)20-9-4-3-5-18-11(9)23-2/h3-5,7,22H,6H2,1-2H3,(H,20,21)/t13-/m1/s1. The summed E-state index contributed by atoms with van der Waals surface area (Å²) in [4.78, 5) is 19.5. The summed E-state index contributed by atoms with van der Waals surface area (Å²) in [5.74, 6) is -1.000. The summed E-state index contributed by atoms with van der Waals surface area (Å²) in [6.45, 7) is 1.50. The van der Waals surface area contributed by atoms with Crippen molar-refractivity contribution >= 4 is 22.9 Å². The molecule has 0 fully saturated rings. The van der Waals surface area contributed by atoms with E-state index in [0.717, 1.165) is 0 Å². The Bertz CT molecular complexity index is 735. The Kier molecular flexibility index (Phi) is 5.09. The fourth-order valence-corrected chi connectivity index (χ4v) is 2.83. The first-order valence-corrected chi connectivity index (χ1v) is 7.56. The second-order valence-electron chi connectivity index (χ2n) is 4.94. The van der Waals surface area contributed by atoms with E-state index in [1.54, 1.807) is 0 Å². The van der Waals surface area contributed by atoms with Gasteiger partial charge in [0, 0.05) is 17.3 Å². The van der Waals surface area contributed by atoms with E-state index in [2.05, 4.69) is 15.3 Å². The van der Waals surface area contributed by atoms with Gasteiger partial charge in [0.1, 0.15) is 10.7 Å². The average Bonchev–Trinajstić information content (AvgIpc) is 2.93. The minimum absolute atomic E-state index is 0.0477. The van der Waals surface area contributed by atoms with Crippen molar-refractivity contribution in [2.45, 2.75) is 25.1 Å². The van der Waals surface area contributed by atoms with Crippen LogP contribution >= 0.6 is 11.3 Å². The van der Waals surface area contributed by atoms with E-state index in [0.29, 0.717) is 17.0 Å². The van der Waals surface area contributed by atoms with Gasteiger partial charge in [-0.2, -0.15) is 13.2 Å². The Labute approximate surface area is 139 Å². The highest BCUT2D eigenvalue weighted by atomic mass is 32.1. The number of thiazole rings is 1. The number of carbonyl (C=O) groups excluding carboxylic acids is 1. The quantitative estimate of drug-likeness (QED) is 0.855. The van der Waals surface area contributed by atoms with Crippen LogP contribution in [0, 0.1) is 6.92 Å². The van der Waals surface area contributed by atoms with Crippen LogP contribution in [0.4, 0.5) is 18.9 Å². The molecule has 2 aromatic rings. The molecule has 6 nitrogen and oxygen atoms in total. The summed E-state index contributed by atoms with van der Waals surface area (Å²) in [6.07, 6.45) is -4.89. The van der Waals surface area contributed by atoms with Crippen LogP contribution in [0.1, 0.15) is 17.1 Å². The predicted octanol–water partition coefficient (Wildman–Crippen LogP) is 2.63. The van der Waals surface area contributed by atoms with Crippen molar-refractivity contribution in [1.82, 2.24) is 9.97 Å². The lowest BCUT2D eigenvalue weighted by atomic mass is 9.99. The molecular formula is C14H14F3N3O3S. The van der Waals surface area contributed by atoms with Crippen LogP contribution in [0.3, 0.4) is 0 Å². The monoisotopic (exact) mass is 361 g/mol. The van der Waals surface area contributed by atoms with E-state index >= 15 is 0 Å². The van der Waals surface area contributed by atoms with Crippen molar-refractivity contribution in [1.29, 1.82) is 0 Å². The van der Waals surface area contributed by atoms with Crippen LogP contribution in [-0.4, -0.2) is 34.3 Å². The number of pyridine rings is 1. The molecule has 0 spiro atoms. The van der Waals surface area contributed by atoms with E-state index in [4.69, 9.17) is 4.74 Å². The lowest BCUT2D eigenvalue weighted by Crippen LogP contribution is -2.45. The van der Waals surface area contributed by atoms with Gasteiger partial charge in [0.15, 0.2) is 0 Å². The predicted molar refractivity (Wildman–Crippen MR) is 80.8 cm³/mol. The Balaban J connectivity index is 2.26. The van der Waals surface area contributed by atoms with Gasteiger partial charge in [-0.3, -0.25) is 4.79 Å². The number of nitrogens with zero attached hydrogens (tertiary/aromatic N) is 2. The fraction of sp³-hybridized carbons (Fsp3) is 0.357. The van der Waals surface area contributed by atoms with Crippen LogP contribution < -0.4 is 10.1 Å². The van der Waals surface area contributed by atoms with Crippen molar-refractivity contribution in [3.8, 4) is 5.88 Å². The molecule has 0 aromatic carbocycles. The van der Waals surface area contributed by atoms with Gasteiger partial charge in [0.2, 0.25) is 17.4 Å². The van der Waals surface area contributed by atoms with Crippen molar-refractivity contribution in [3.63, 3.8) is 0 Å². The molecule has 0 aliphatic heterocycles. The zero-order valence-corrected chi connectivity index (χ0v) is 13.5. The normalized spacial score (nSPS) is 14.1. The molecule has 0 radical (unpaired) electrons. The third-order valence-corrected chi connectivity index (χ3v) is 4.21. The van der Waals surface area contributed by atoms with Crippen LogP contribution in [0.2, 0.25) is 0 Å². The molecule has 1 amide bonds. The largest absolute Gasteiger partial charge is 0.480 e. The van der Waals surface area contributed by atoms with E-state index in [1.165, 1.54) is 37.7 Å². The lowest BCUT2D eigenvalue weighted by Gasteiger charge is -2.27. The molecule has 0 saturated carbocycles. The maximum atomic E-state index is 13.3. The molecule has 0 bridgehead atoms. The maximum absolute atomic E-state index is 13.3. The van der Waals surface area contributed by atoms with Crippen molar-refractivity contribution in [2.24, 2.45) is 0 Å². The van der Waals surface area contributed by atoms with Gasteiger partial charge in [-0.1, -0.05) is 0 Å². The number of alkyl halides is 3. The van der Waals surface area contributed by atoms with Gasteiger partial charge < -0.3 is 15.2 Å². The van der Waals surface area contributed by atoms with Crippen LogP contribution in [0.5, 0.6) is 5.88 Å². The molecular weight excluding hydrogens is 347 g/mol. The number of halogens is 3. The van der Waals surface area contributed by atoms with Crippen molar-refractivity contribution in [3.05, 3.63) is 34.4 Å². The zero-order chi connectivity index (χ0) is 18.0. The van der Waals surface area contributed by atoms with Gasteiger partial charge in [0.25, 0.3) is 0 Å². The number of hydrogen-bond acceptors (Lipinski definition) is 6. The van der Waals surface area contributed by atoms with Gasteiger partial charge in [-0.25, -0.2) is 9.97 Å². The van der Waals surface area contributed by atoms with Crippen molar-refractivity contribution in [2.75, 3.05) is 12.4 Å². The second kappa shape index (κ2) is 6.73. The van der Waals surface area contributed by atoms with E-state index in [-0.39, 0.29) is 11.6 Å². The number of aliphatic hydroxyl groups is 1. The smallest absolute Gasteiger partial charge is 0.424 e. The minimum atomic E-state index is -5.06. The summed E-state index contributed by atoms with van der Waals surface area (Å²) in [7, 11) is 1.31. The Morgan fingerprint density at radius 1 is 1.46 bits per heavy atom. The molecule has 2 heterocycles. The Morgan fingerprint density at radius 3 is 2.71 bits per heavy atom. The lowest BCUT2D eigenvalue weighted by molar-refractivity contribution is -0.266. The van der Waals surface area contributed by atoms with E-state index < -0.39 is 29.1 Å². The maximum Gasteiger partial charge on any atom is 0.424 e. The number of aromatic nitrogens is 2. The second-order valence-corrected chi connectivity index (χ2v) is 5.80. The number of anilines is 1. The number of rotatable bonds is 5. The molecule has 130 valence electrons. The number of amides is 1. The topological polar surface area (TPSA) is 84.3 Å². The summed E-state index contributed by atoms with van der Waals surface area (Å²) in [6, 6.07) is 2.90. The first-order chi connectivity index (χ1) is 11.2. The molecule has 1 atom stereocenters. The Morgan fingerprint density at radius 2 is 2.17 bits per heavy atom. The summed E-state index contributed by atoms with van der Waals surface area (Å²) < 4.78 is 44.9. The third-order valence-electron chi connectivity index (χ3n) is 3.10. The molecule has 0 saturated heterocycles. The summed E-state index contributed by atoms with van der Waals surface area (Å²) in [5.41, 5.74) is -2.94. The highest BCUT2D eigenvalue weighted by molar-refractivity contribution is 7.09. The molecule has 0 aliphatic rings. The number of carbonyl (C=O) groups is 1. The molecule has 2 aromatic heterocycles. The van der Waals surface area contributed by atoms with Gasteiger partial charge in [-0.15, -0.1) is 11.3 Å². The van der Waals surface area contributed by atoms with Crippen LogP contribution in [0.25, 0.3) is 0 Å². The highest BCUT2D eigenvalue weighted by Crippen LogP contribution is 2.43. The number of hydrogen-bond donors (Lipinski definition) is 2. The molecule has 2 rings (SSSR count).